The number of amides is 1. The minimum absolute atomic E-state index is 0.0614. The average molecular weight is 283 g/mol. The van der Waals surface area contributed by atoms with Crippen molar-refractivity contribution in [2.24, 2.45) is 7.05 Å². The van der Waals surface area contributed by atoms with Crippen molar-refractivity contribution in [3.63, 3.8) is 0 Å². The van der Waals surface area contributed by atoms with E-state index in [-0.39, 0.29) is 17.4 Å². The van der Waals surface area contributed by atoms with Crippen LogP contribution >= 0.6 is 0 Å². The molecule has 108 valence electrons. The lowest BCUT2D eigenvalue weighted by Crippen LogP contribution is -2.27. The zero-order valence-electron chi connectivity index (χ0n) is 11.3. The normalized spacial score (nSPS) is 12.7. The zero-order chi connectivity index (χ0) is 14.9. The van der Waals surface area contributed by atoms with E-state index in [1.807, 2.05) is 6.92 Å². The highest BCUT2D eigenvalue weighted by Crippen LogP contribution is 2.18. The van der Waals surface area contributed by atoms with Crippen LogP contribution in [0.5, 0.6) is 0 Å². The number of rotatable bonds is 4. The van der Waals surface area contributed by atoms with Crippen molar-refractivity contribution in [1.82, 2.24) is 25.3 Å². The van der Waals surface area contributed by atoms with Crippen molar-refractivity contribution in [2.75, 3.05) is 0 Å². The summed E-state index contributed by atoms with van der Waals surface area (Å²) in [5.74, 6) is -0.510. The minimum atomic E-state index is -2.68. The van der Waals surface area contributed by atoms with Crippen LogP contribution in [0.2, 0.25) is 0 Å². The van der Waals surface area contributed by atoms with Gasteiger partial charge in [-0.3, -0.25) is 14.6 Å². The summed E-state index contributed by atoms with van der Waals surface area (Å²) in [5, 5.41) is 12.5. The molecule has 0 unspecified atom stereocenters. The quantitative estimate of drug-likeness (QED) is 0.899. The Hall–Kier alpha value is -2.25. The highest BCUT2D eigenvalue weighted by molar-refractivity contribution is 5.92. The summed E-state index contributed by atoms with van der Waals surface area (Å²) in [7, 11) is 1.80. The van der Waals surface area contributed by atoms with Crippen LogP contribution in [-0.4, -0.2) is 25.9 Å². The van der Waals surface area contributed by atoms with Gasteiger partial charge in [0, 0.05) is 18.3 Å². The molecule has 0 aliphatic rings. The van der Waals surface area contributed by atoms with Crippen molar-refractivity contribution >= 4 is 5.91 Å². The van der Waals surface area contributed by atoms with Gasteiger partial charge in [-0.1, -0.05) is 0 Å². The number of aromatic nitrogens is 4. The van der Waals surface area contributed by atoms with Gasteiger partial charge in [0.25, 0.3) is 12.3 Å². The number of nitrogens with zero attached hydrogens (tertiary/aromatic N) is 3. The van der Waals surface area contributed by atoms with Crippen molar-refractivity contribution in [3.8, 4) is 0 Å². The van der Waals surface area contributed by atoms with Gasteiger partial charge in [0.05, 0.1) is 12.2 Å². The molecule has 0 aromatic carbocycles. The Bertz CT molecular complexity index is 619. The predicted molar refractivity (Wildman–Crippen MR) is 67.4 cm³/mol. The fourth-order valence-electron chi connectivity index (χ4n) is 1.85. The number of aryl methyl sites for hydroxylation is 1. The first kappa shape index (κ1) is 14.2. The molecule has 0 aliphatic carbocycles. The van der Waals surface area contributed by atoms with E-state index in [2.05, 4.69) is 20.6 Å². The van der Waals surface area contributed by atoms with Crippen LogP contribution in [0.1, 0.15) is 46.8 Å². The molecule has 8 heteroatoms. The summed E-state index contributed by atoms with van der Waals surface area (Å²) in [5.41, 5.74) is 1.35. The summed E-state index contributed by atoms with van der Waals surface area (Å²) in [6.07, 6.45) is -1.02. The number of hydrogen-bond acceptors (Lipinski definition) is 3. The first-order valence-electron chi connectivity index (χ1n) is 6.03. The van der Waals surface area contributed by atoms with E-state index in [9.17, 15) is 13.6 Å². The maximum Gasteiger partial charge on any atom is 0.279 e. The predicted octanol–water partition coefficient (Wildman–Crippen LogP) is 1.88. The van der Waals surface area contributed by atoms with E-state index in [0.717, 1.165) is 17.3 Å². The molecule has 2 aromatic rings. The molecule has 2 N–H and O–H groups in total. The molecule has 1 atom stereocenters. The molecule has 0 saturated carbocycles. The second-order valence-corrected chi connectivity index (χ2v) is 4.51. The molecule has 0 aliphatic heterocycles. The number of carbonyl (C=O) groups is 1. The van der Waals surface area contributed by atoms with Crippen LogP contribution in [0.3, 0.4) is 0 Å². The number of carbonyl (C=O) groups excluding carboxylic acids is 1. The summed E-state index contributed by atoms with van der Waals surface area (Å²) in [6.45, 7) is 3.68. The lowest BCUT2D eigenvalue weighted by atomic mass is 10.1. The fourth-order valence-corrected chi connectivity index (χ4v) is 1.85. The van der Waals surface area contributed by atoms with Crippen LogP contribution in [0.15, 0.2) is 12.3 Å². The van der Waals surface area contributed by atoms with Gasteiger partial charge in [0.2, 0.25) is 0 Å². The van der Waals surface area contributed by atoms with E-state index < -0.39 is 12.3 Å². The third kappa shape index (κ3) is 2.68. The van der Waals surface area contributed by atoms with Gasteiger partial charge in [0.1, 0.15) is 11.4 Å². The van der Waals surface area contributed by atoms with Gasteiger partial charge in [-0.05, 0) is 19.9 Å². The Morgan fingerprint density at radius 1 is 1.50 bits per heavy atom. The molecule has 20 heavy (non-hydrogen) atoms. The summed E-state index contributed by atoms with van der Waals surface area (Å²) >= 11 is 0. The van der Waals surface area contributed by atoms with Gasteiger partial charge in [0.15, 0.2) is 0 Å². The van der Waals surface area contributed by atoms with Gasteiger partial charge in [-0.2, -0.15) is 10.2 Å². The minimum Gasteiger partial charge on any atom is -0.344 e. The Morgan fingerprint density at radius 2 is 2.20 bits per heavy atom. The number of hydrogen-bond donors (Lipinski definition) is 2. The van der Waals surface area contributed by atoms with E-state index in [1.54, 1.807) is 24.9 Å². The van der Waals surface area contributed by atoms with Crippen LogP contribution in [-0.2, 0) is 7.05 Å². The van der Waals surface area contributed by atoms with Crippen molar-refractivity contribution in [3.05, 3.63) is 34.9 Å². The highest BCUT2D eigenvalue weighted by Gasteiger charge is 2.19. The van der Waals surface area contributed by atoms with Gasteiger partial charge in [-0.25, -0.2) is 8.78 Å². The lowest BCUT2D eigenvalue weighted by Gasteiger charge is -2.12. The second kappa shape index (κ2) is 5.40. The molecule has 0 saturated heterocycles. The molecule has 0 fully saturated rings. The first-order chi connectivity index (χ1) is 9.40. The molecule has 2 heterocycles. The van der Waals surface area contributed by atoms with E-state index in [1.165, 1.54) is 0 Å². The van der Waals surface area contributed by atoms with Gasteiger partial charge >= 0.3 is 0 Å². The van der Waals surface area contributed by atoms with Gasteiger partial charge < -0.3 is 5.32 Å². The van der Waals surface area contributed by atoms with E-state index in [4.69, 9.17) is 0 Å². The lowest BCUT2D eigenvalue weighted by molar-refractivity contribution is 0.0934. The zero-order valence-corrected chi connectivity index (χ0v) is 11.3. The van der Waals surface area contributed by atoms with E-state index in [0.29, 0.717) is 0 Å². The van der Waals surface area contributed by atoms with Crippen LogP contribution in [0.4, 0.5) is 8.78 Å². The molecule has 0 bridgehead atoms. The number of halogens is 2. The standard InChI is InChI=1S/C12H15F2N5O/c1-6(8-5-15-19(3)7(8)2)16-12(20)10-4-9(11(13)14)17-18-10/h4-6,11H,1-3H3,(H,16,20)(H,17,18)/t6-/m1/s1. The molecular formula is C12H15F2N5O. The largest absolute Gasteiger partial charge is 0.344 e. The topological polar surface area (TPSA) is 75.6 Å². The summed E-state index contributed by atoms with van der Waals surface area (Å²) < 4.78 is 26.5. The van der Waals surface area contributed by atoms with Crippen LogP contribution in [0.25, 0.3) is 0 Å². The molecule has 0 spiro atoms. The second-order valence-electron chi connectivity index (χ2n) is 4.51. The van der Waals surface area contributed by atoms with Crippen LogP contribution < -0.4 is 5.32 Å². The highest BCUT2D eigenvalue weighted by atomic mass is 19.3. The van der Waals surface area contributed by atoms with Crippen molar-refractivity contribution in [1.29, 1.82) is 0 Å². The monoisotopic (exact) mass is 283 g/mol. The van der Waals surface area contributed by atoms with Crippen molar-refractivity contribution < 1.29 is 13.6 Å². The molecule has 2 aromatic heterocycles. The van der Waals surface area contributed by atoms with Gasteiger partial charge in [-0.15, -0.1) is 0 Å². The summed E-state index contributed by atoms with van der Waals surface area (Å²) in [6, 6.07) is 0.755. The maximum atomic E-state index is 12.4. The Morgan fingerprint density at radius 3 is 2.70 bits per heavy atom. The molecule has 2 rings (SSSR count). The number of aromatic amines is 1. The Balaban J connectivity index is 2.09. The average Bonchev–Trinajstić information content (AvgIpc) is 2.98. The Labute approximate surface area is 114 Å². The molecule has 6 nitrogen and oxygen atoms in total. The smallest absolute Gasteiger partial charge is 0.279 e. The maximum absolute atomic E-state index is 12.4. The summed E-state index contributed by atoms with van der Waals surface area (Å²) in [4.78, 5) is 11.9. The number of alkyl halides is 2. The Kier molecular flexibility index (Phi) is 3.82. The molecular weight excluding hydrogens is 268 g/mol. The third-order valence-corrected chi connectivity index (χ3v) is 3.15. The fraction of sp³-hybridized carbons (Fsp3) is 0.417. The first-order valence-corrected chi connectivity index (χ1v) is 6.03. The van der Waals surface area contributed by atoms with E-state index >= 15 is 0 Å². The third-order valence-electron chi connectivity index (χ3n) is 3.15. The SMILES string of the molecule is Cc1c([C@@H](C)NC(=O)c2cc(C(F)F)[nH]n2)cnn1C. The van der Waals surface area contributed by atoms with Crippen molar-refractivity contribution in [2.45, 2.75) is 26.3 Å². The molecule has 0 radical (unpaired) electrons. The van der Waals surface area contributed by atoms with Crippen LogP contribution in [0, 0.1) is 6.92 Å². The number of H-pyrrole nitrogens is 1. The number of nitrogens with one attached hydrogen (secondary N) is 2. The molecule has 1 amide bonds.